The Labute approximate surface area is 185 Å². The van der Waals surface area contributed by atoms with Gasteiger partial charge in [0.25, 0.3) is 0 Å². The van der Waals surface area contributed by atoms with E-state index in [1.54, 1.807) is 50.5 Å². The van der Waals surface area contributed by atoms with Crippen molar-refractivity contribution in [3.05, 3.63) is 23.8 Å². The Balaban J connectivity index is 1.95. The SMILES string of the molecule is COc1cc(C=CC(=O)N2CCN(C(C)C(=O)NCC(C)C)CC2)cc(OC)c1OC. The van der Waals surface area contributed by atoms with Crippen molar-refractivity contribution in [2.24, 2.45) is 5.92 Å². The number of carbonyl (C=O) groups excluding carboxylic acids is 2. The maximum Gasteiger partial charge on any atom is 0.246 e. The highest BCUT2D eigenvalue weighted by Crippen LogP contribution is 2.38. The van der Waals surface area contributed by atoms with Crippen LogP contribution in [0.25, 0.3) is 6.08 Å². The van der Waals surface area contributed by atoms with Gasteiger partial charge < -0.3 is 24.4 Å². The Morgan fingerprint density at radius 1 is 1.00 bits per heavy atom. The van der Waals surface area contributed by atoms with Gasteiger partial charge in [-0.3, -0.25) is 14.5 Å². The van der Waals surface area contributed by atoms with Crippen molar-refractivity contribution in [2.75, 3.05) is 54.1 Å². The second kappa shape index (κ2) is 11.6. The van der Waals surface area contributed by atoms with Gasteiger partial charge in [0.2, 0.25) is 17.6 Å². The summed E-state index contributed by atoms with van der Waals surface area (Å²) in [5.41, 5.74) is 0.775. The molecule has 1 unspecified atom stereocenters. The van der Waals surface area contributed by atoms with E-state index in [9.17, 15) is 9.59 Å². The van der Waals surface area contributed by atoms with Gasteiger partial charge in [0.05, 0.1) is 27.4 Å². The summed E-state index contributed by atoms with van der Waals surface area (Å²) in [4.78, 5) is 28.9. The van der Waals surface area contributed by atoms with Crippen LogP contribution in [0.2, 0.25) is 0 Å². The first kappa shape index (κ1) is 24.5. The molecule has 0 aromatic heterocycles. The predicted molar refractivity (Wildman–Crippen MR) is 121 cm³/mol. The summed E-state index contributed by atoms with van der Waals surface area (Å²) in [6.07, 6.45) is 3.29. The number of benzene rings is 1. The Bertz CT molecular complexity index is 760. The molecule has 2 amide bonds. The molecule has 8 nitrogen and oxygen atoms in total. The highest BCUT2D eigenvalue weighted by molar-refractivity contribution is 5.92. The quantitative estimate of drug-likeness (QED) is 0.601. The summed E-state index contributed by atoms with van der Waals surface area (Å²) in [6, 6.07) is 3.38. The van der Waals surface area contributed by atoms with Crippen molar-refractivity contribution >= 4 is 17.9 Å². The smallest absolute Gasteiger partial charge is 0.246 e. The molecular formula is C23H35N3O5. The van der Waals surface area contributed by atoms with Gasteiger partial charge in [-0.2, -0.15) is 0 Å². The number of methoxy groups -OCH3 is 3. The number of carbonyl (C=O) groups is 2. The first-order chi connectivity index (χ1) is 14.8. The lowest BCUT2D eigenvalue weighted by molar-refractivity contribution is -0.130. The average molecular weight is 434 g/mol. The standard InChI is InChI=1S/C23H35N3O5/c1-16(2)15-24-23(28)17(3)25-9-11-26(12-10-25)21(27)8-7-18-13-19(29-4)22(31-6)20(14-18)30-5/h7-8,13-14,16-17H,9-12,15H2,1-6H3,(H,24,28). The molecule has 31 heavy (non-hydrogen) atoms. The zero-order valence-electron chi connectivity index (χ0n) is 19.4. The summed E-state index contributed by atoms with van der Waals surface area (Å²) in [7, 11) is 4.66. The fourth-order valence-corrected chi connectivity index (χ4v) is 3.42. The molecule has 8 heteroatoms. The number of hydrogen-bond acceptors (Lipinski definition) is 6. The highest BCUT2D eigenvalue weighted by atomic mass is 16.5. The van der Waals surface area contributed by atoms with E-state index < -0.39 is 0 Å². The van der Waals surface area contributed by atoms with Crippen LogP contribution in [0, 0.1) is 5.92 Å². The van der Waals surface area contributed by atoms with Gasteiger partial charge in [-0.1, -0.05) is 13.8 Å². The molecule has 1 saturated heterocycles. The van der Waals surface area contributed by atoms with Crippen LogP contribution >= 0.6 is 0 Å². The molecule has 0 bridgehead atoms. The largest absolute Gasteiger partial charge is 0.493 e. The van der Waals surface area contributed by atoms with E-state index in [1.165, 1.54) is 0 Å². The minimum atomic E-state index is -0.203. The molecule has 1 atom stereocenters. The first-order valence-corrected chi connectivity index (χ1v) is 10.6. The van der Waals surface area contributed by atoms with Gasteiger partial charge >= 0.3 is 0 Å². The molecule has 1 heterocycles. The fourth-order valence-electron chi connectivity index (χ4n) is 3.42. The molecule has 1 aliphatic heterocycles. The van der Waals surface area contributed by atoms with Gasteiger partial charge in [0.15, 0.2) is 11.5 Å². The van der Waals surface area contributed by atoms with E-state index in [2.05, 4.69) is 24.1 Å². The third-order valence-corrected chi connectivity index (χ3v) is 5.34. The molecule has 0 radical (unpaired) electrons. The predicted octanol–water partition coefficient (Wildman–Crippen LogP) is 2.03. The number of rotatable bonds is 9. The molecule has 1 aromatic carbocycles. The first-order valence-electron chi connectivity index (χ1n) is 10.6. The summed E-state index contributed by atoms with van der Waals surface area (Å²) in [5, 5.41) is 2.98. The summed E-state index contributed by atoms with van der Waals surface area (Å²) in [5.74, 6) is 1.97. The van der Waals surface area contributed by atoms with E-state index >= 15 is 0 Å². The van der Waals surface area contributed by atoms with Gasteiger partial charge in [0.1, 0.15) is 0 Å². The summed E-state index contributed by atoms with van der Waals surface area (Å²) < 4.78 is 16.0. The molecule has 2 rings (SSSR count). The Kier molecular flexibility index (Phi) is 9.18. The molecule has 0 saturated carbocycles. The average Bonchev–Trinajstić information content (AvgIpc) is 2.79. The number of nitrogens with one attached hydrogen (secondary N) is 1. The van der Waals surface area contributed by atoms with E-state index in [1.807, 2.05) is 6.92 Å². The van der Waals surface area contributed by atoms with E-state index in [0.717, 1.165) is 5.56 Å². The van der Waals surface area contributed by atoms with Gasteiger partial charge in [-0.05, 0) is 36.6 Å². The minimum Gasteiger partial charge on any atom is -0.493 e. The third-order valence-electron chi connectivity index (χ3n) is 5.34. The van der Waals surface area contributed by atoms with Crippen LogP contribution < -0.4 is 19.5 Å². The van der Waals surface area contributed by atoms with Crippen molar-refractivity contribution in [1.82, 2.24) is 15.1 Å². The van der Waals surface area contributed by atoms with Crippen LogP contribution in [0.5, 0.6) is 17.2 Å². The molecule has 172 valence electrons. The Hall–Kier alpha value is -2.74. The second-order valence-electron chi connectivity index (χ2n) is 7.97. The van der Waals surface area contributed by atoms with Gasteiger partial charge in [0, 0.05) is 38.8 Å². The molecule has 1 aliphatic rings. The van der Waals surface area contributed by atoms with Crippen molar-refractivity contribution in [3.8, 4) is 17.2 Å². The Morgan fingerprint density at radius 2 is 1.58 bits per heavy atom. The third kappa shape index (κ3) is 6.62. The molecule has 1 fully saturated rings. The summed E-state index contributed by atoms with van der Waals surface area (Å²) in [6.45, 7) is 9.23. The summed E-state index contributed by atoms with van der Waals surface area (Å²) >= 11 is 0. The number of amides is 2. The lowest BCUT2D eigenvalue weighted by atomic mass is 10.1. The topological polar surface area (TPSA) is 80.3 Å². The van der Waals surface area contributed by atoms with Crippen LogP contribution in [0.4, 0.5) is 0 Å². The van der Waals surface area contributed by atoms with E-state index in [4.69, 9.17) is 14.2 Å². The van der Waals surface area contributed by atoms with Crippen molar-refractivity contribution in [1.29, 1.82) is 0 Å². The van der Waals surface area contributed by atoms with Gasteiger partial charge in [-0.15, -0.1) is 0 Å². The molecule has 1 aromatic rings. The van der Waals surface area contributed by atoms with Crippen LogP contribution in [0.15, 0.2) is 18.2 Å². The zero-order chi connectivity index (χ0) is 23.0. The molecule has 0 spiro atoms. The normalized spacial score (nSPS) is 15.8. The van der Waals surface area contributed by atoms with Crippen LogP contribution in [0.3, 0.4) is 0 Å². The molecule has 1 N–H and O–H groups in total. The Morgan fingerprint density at radius 3 is 2.06 bits per heavy atom. The number of ether oxygens (including phenoxy) is 3. The van der Waals surface area contributed by atoms with E-state index in [0.29, 0.717) is 55.9 Å². The van der Waals surface area contributed by atoms with Crippen molar-refractivity contribution in [3.63, 3.8) is 0 Å². The molecular weight excluding hydrogens is 398 g/mol. The number of hydrogen-bond donors (Lipinski definition) is 1. The number of piperazine rings is 1. The highest BCUT2D eigenvalue weighted by Gasteiger charge is 2.26. The van der Waals surface area contributed by atoms with Crippen molar-refractivity contribution < 1.29 is 23.8 Å². The second-order valence-corrected chi connectivity index (χ2v) is 7.97. The molecule has 0 aliphatic carbocycles. The minimum absolute atomic E-state index is 0.0378. The van der Waals surface area contributed by atoms with Gasteiger partial charge in [-0.25, -0.2) is 0 Å². The van der Waals surface area contributed by atoms with Crippen molar-refractivity contribution in [2.45, 2.75) is 26.8 Å². The van der Waals surface area contributed by atoms with Crippen LogP contribution in [-0.2, 0) is 9.59 Å². The zero-order valence-corrected chi connectivity index (χ0v) is 19.4. The fraction of sp³-hybridized carbons (Fsp3) is 0.565. The lowest BCUT2D eigenvalue weighted by Gasteiger charge is -2.37. The maximum absolute atomic E-state index is 12.6. The van der Waals surface area contributed by atoms with Crippen LogP contribution in [-0.4, -0.2) is 81.7 Å². The van der Waals surface area contributed by atoms with E-state index in [-0.39, 0.29) is 17.9 Å². The maximum atomic E-state index is 12.6. The monoisotopic (exact) mass is 433 g/mol. The lowest BCUT2D eigenvalue weighted by Crippen LogP contribution is -2.55. The van der Waals surface area contributed by atoms with Crippen LogP contribution in [0.1, 0.15) is 26.3 Å². The number of nitrogens with zero attached hydrogens (tertiary/aromatic N) is 2.